The predicted molar refractivity (Wildman–Crippen MR) is 109 cm³/mol. The molecule has 144 valence electrons. The summed E-state index contributed by atoms with van der Waals surface area (Å²) in [4.78, 5) is 16.4. The molecule has 1 unspecified atom stereocenters. The van der Waals surface area contributed by atoms with Gasteiger partial charge in [0, 0.05) is 49.0 Å². The van der Waals surface area contributed by atoms with Crippen molar-refractivity contribution in [1.29, 1.82) is 0 Å². The monoisotopic (exact) mass is 395 g/mol. The molecule has 28 heavy (non-hydrogen) atoms. The second kappa shape index (κ2) is 7.28. The van der Waals surface area contributed by atoms with Crippen LogP contribution in [0, 0.1) is 0 Å². The van der Waals surface area contributed by atoms with Crippen LogP contribution in [0.2, 0.25) is 5.02 Å². The summed E-state index contributed by atoms with van der Waals surface area (Å²) in [6, 6.07) is 12.2. The summed E-state index contributed by atoms with van der Waals surface area (Å²) in [6.45, 7) is 4.95. The minimum atomic E-state index is 0.0463. The van der Waals surface area contributed by atoms with E-state index in [4.69, 9.17) is 11.6 Å². The van der Waals surface area contributed by atoms with Gasteiger partial charge in [-0.25, -0.2) is 0 Å². The van der Waals surface area contributed by atoms with Crippen molar-refractivity contribution in [3.63, 3.8) is 0 Å². The Kier molecular flexibility index (Phi) is 4.62. The van der Waals surface area contributed by atoms with Crippen molar-refractivity contribution in [2.24, 2.45) is 10.2 Å². The van der Waals surface area contributed by atoms with E-state index in [2.05, 4.69) is 43.5 Å². The molecule has 7 heteroatoms. The van der Waals surface area contributed by atoms with Gasteiger partial charge in [0.15, 0.2) is 6.17 Å². The Balaban J connectivity index is 1.17. The predicted octanol–water partition coefficient (Wildman–Crippen LogP) is 3.79. The van der Waals surface area contributed by atoms with Crippen LogP contribution in [0.3, 0.4) is 0 Å². The van der Waals surface area contributed by atoms with Crippen LogP contribution >= 0.6 is 11.6 Å². The number of halogens is 1. The number of nitrogens with one attached hydrogen (secondary N) is 1. The first kappa shape index (κ1) is 17.8. The lowest BCUT2D eigenvalue weighted by Crippen LogP contribution is -2.47. The van der Waals surface area contributed by atoms with Crippen molar-refractivity contribution in [2.75, 3.05) is 38.0 Å². The smallest absolute Gasteiger partial charge is 0.228 e. The second-order valence-electron chi connectivity index (χ2n) is 7.60. The molecule has 3 aliphatic heterocycles. The summed E-state index contributed by atoms with van der Waals surface area (Å²) < 4.78 is 0. The number of piperazine rings is 1. The van der Waals surface area contributed by atoms with Gasteiger partial charge in [-0.3, -0.25) is 9.69 Å². The minimum absolute atomic E-state index is 0.0463. The average molecular weight is 396 g/mol. The molecule has 1 saturated heterocycles. The van der Waals surface area contributed by atoms with Gasteiger partial charge in [-0.05, 0) is 29.7 Å². The highest BCUT2D eigenvalue weighted by Crippen LogP contribution is 2.37. The van der Waals surface area contributed by atoms with Crippen LogP contribution in [0.5, 0.6) is 0 Å². The molecule has 1 atom stereocenters. The highest BCUT2D eigenvalue weighted by Gasteiger charge is 2.29. The van der Waals surface area contributed by atoms with E-state index in [1.54, 1.807) is 0 Å². The van der Waals surface area contributed by atoms with E-state index in [-0.39, 0.29) is 12.1 Å². The van der Waals surface area contributed by atoms with Crippen LogP contribution in [0.1, 0.15) is 22.9 Å². The lowest BCUT2D eigenvalue weighted by atomic mass is 10.1. The number of hydrogen-bond donors (Lipinski definition) is 1. The Morgan fingerprint density at radius 3 is 2.82 bits per heavy atom. The molecular weight excluding hydrogens is 374 g/mol. The van der Waals surface area contributed by atoms with E-state index in [1.165, 1.54) is 5.56 Å². The third-order valence-electron chi connectivity index (χ3n) is 5.84. The number of anilines is 1. The van der Waals surface area contributed by atoms with Gasteiger partial charge in [-0.1, -0.05) is 35.9 Å². The summed E-state index contributed by atoms with van der Waals surface area (Å²) in [5.74, 6) is 0.0463. The molecule has 5 rings (SSSR count). The van der Waals surface area contributed by atoms with Crippen molar-refractivity contribution in [2.45, 2.75) is 19.0 Å². The highest BCUT2D eigenvalue weighted by molar-refractivity contribution is 6.31. The molecule has 0 aromatic heterocycles. The zero-order chi connectivity index (χ0) is 19.1. The Bertz CT molecular complexity index is 952. The van der Waals surface area contributed by atoms with Crippen molar-refractivity contribution in [1.82, 2.24) is 9.80 Å². The van der Waals surface area contributed by atoms with Crippen LogP contribution in [0.25, 0.3) is 0 Å². The Hall–Kier alpha value is -2.28. The van der Waals surface area contributed by atoms with Gasteiger partial charge in [0.1, 0.15) is 0 Å². The lowest BCUT2D eigenvalue weighted by Gasteiger charge is -2.36. The average Bonchev–Trinajstić information content (AvgIpc) is 3.29. The molecule has 1 amide bonds. The molecule has 0 saturated carbocycles. The first-order valence-corrected chi connectivity index (χ1v) is 10.1. The number of carbonyl (C=O) groups excluding carboxylic acids is 1. The summed E-state index contributed by atoms with van der Waals surface area (Å²) in [5, 5.41) is 12.4. The van der Waals surface area contributed by atoms with Gasteiger partial charge in [0.2, 0.25) is 5.91 Å². The highest BCUT2D eigenvalue weighted by atomic mass is 35.5. The number of azo groups is 1. The van der Waals surface area contributed by atoms with Crippen molar-refractivity contribution in [3.05, 3.63) is 58.1 Å². The zero-order valence-corrected chi connectivity index (χ0v) is 16.3. The largest absolute Gasteiger partial charge is 0.325 e. The van der Waals surface area contributed by atoms with Crippen molar-refractivity contribution in [3.8, 4) is 0 Å². The first-order chi connectivity index (χ1) is 13.7. The lowest BCUT2D eigenvalue weighted by molar-refractivity contribution is -0.115. The molecule has 0 bridgehead atoms. The molecule has 6 nitrogen and oxygen atoms in total. The number of nitrogens with zero attached hydrogens (tertiary/aromatic N) is 4. The summed E-state index contributed by atoms with van der Waals surface area (Å²) in [5.41, 5.74) is 5.24. The normalized spacial score (nSPS) is 21.6. The topological polar surface area (TPSA) is 60.3 Å². The fourth-order valence-corrected chi connectivity index (χ4v) is 4.50. The van der Waals surface area contributed by atoms with Crippen LogP contribution in [0.15, 0.2) is 46.6 Å². The fourth-order valence-electron chi connectivity index (χ4n) is 4.25. The zero-order valence-electron chi connectivity index (χ0n) is 15.6. The molecule has 3 heterocycles. The van der Waals surface area contributed by atoms with Crippen LogP contribution in [-0.4, -0.2) is 48.4 Å². The number of benzene rings is 2. The molecule has 2 aromatic carbocycles. The number of amides is 1. The third-order valence-corrected chi connectivity index (χ3v) is 6.19. The molecule has 0 radical (unpaired) electrons. The second-order valence-corrected chi connectivity index (χ2v) is 8.01. The SMILES string of the molecule is O=C1Cc2cc(CCN3CCN(C4N=Nc5ccccc54)CC3)c(Cl)cc2N1. The maximum atomic E-state index is 11.6. The van der Waals surface area contributed by atoms with Crippen LogP contribution in [0.4, 0.5) is 11.4 Å². The number of carbonyl (C=O) groups is 1. The van der Waals surface area contributed by atoms with Crippen molar-refractivity contribution >= 4 is 28.9 Å². The summed E-state index contributed by atoms with van der Waals surface area (Å²) in [7, 11) is 0. The molecule has 1 fully saturated rings. The van der Waals surface area contributed by atoms with Crippen LogP contribution in [-0.2, 0) is 17.6 Å². The fraction of sp³-hybridized carbons (Fsp3) is 0.381. The number of hydrogen-bond acceptors (Lipinski definition) is 5. The third kappa shape index (κ3) is 3.32. The standard InChI is InChI=1S/C21H22ClN5O/c22-17-13-19-15(12-20(28)23-19)11-14(17)5-6-26-7-9-27(10-8-26)21-16-3-1-2-4-18(16)24-25-21/h1-4,11,13,21H,5-10,12H2,(H,23,28). The van der Waals surface area contributed by atoms with E-state index in [1.807, 2.05) is 18.2 Å². The molecular formula is C21H22ClN5O. The van der Waals surface area contributed by atoms with Gasteiger partial charge >= 0.3 is 0 Å². The van der Waals surface area contributed by atoms with E-state index in [9.17, 15) is 4.79 Å². The first-order valence-electron chi connectivity index (χ1n) is 9.75. The summed E-state index contributed by atoms with van der Waals surface area (Å²) >= 11 is 6.43. The van der Waals surface area contributed by atoms with E-state index in [0.29, 0.717) is 6.42 Å². The van der Waals surface area contributed by atoms with Gasteiger partial charge in [-0.2, -0.15) is 10.2 Å². The Morgan fingerprint density at radius 1 is 1.14 bits per heavy atom. The van der Waals surface area contributed by atoms with E-state index in [0.717, 1.165) is 66.7 Å². The molecule has 0 spiro atoms. The number of rotatable bonds is 4. The number of fused-ring (bicyclic) bond motifs is 2. The quantitative estimate of drug-likeness (QED) is 0.856. The van der Waals surface area contributed by atoms with Crippen LogP contribution < -0.4 is 5.32 Å². The Labute approximate surface area is 169 Å². The molecule has 3 aliphatic rings. The maximum absolute atomic E-state index is 11.6. The minimum Gasteiger partial charge on any atom is -0.325 e. The summed E-state index contributed by atoms with van der Waals surface area (Å²) in [6.07, 6.45) is 1.41. The van der Waals surface area contributed by atoms with Gasteiger partial charge in [0.25, 0.3) is 0 Å². The molecule has 2 aromatic rings. The maximum Gasteiger partial charge on any atom is 0.228 e. The van der Waals surface area contributed by atoms with E-state index >= 15 is 0 Å². The van der Waals surface area contributed by atoms with Gasteiger partial charge in [0.05, 0.1) is 12.1 Å². The molecule has 0 aliphatic carbocycles. The van der Waals surface area contributed by atoms with Gasteiger partial charge in [-0.15, -0.1) is 0 Å². The Morgan fingerprint density at radius 2 is 1.96 bits per heavy atom. The molecule has 1 N–H and O–H groups in total. The van der Waals surface area contributed by atoms with E-state index < -0.39 is 0 Å². The van der Waals surface area contributed by atoms with Crippen molar-refractivity contribution < 1.29 is 4.79 Å². The van der Waals surface area contributed by atoms with Gasteiger partial charge < -0.3 is 10.2 Å².